The Morgan fingerprint density at radius 1 is 1.13 bits per heavy atom. The van der Waals surface area contributed by atoms with E-state index < -0.39 is 0 Å². The molecule has 0 unspecified atom stereocenters. The monoisotopic (exact) mass is 311 g/mol. The number of rotatable bonds is 1. The van der Waals surface area contributed by atoms with Crippen molar-refractivity contribution in [2.75, 3.05) is 0 Å². The van der Waals surface area contributed by atoms with Crippen LogP contribution in [0.15, 0.2) is 47.4 Å². The van der Waals surface area contributed by atoms with Gasteiger partial charge in [0.1, 0.15) is 0 Å². The number of pyridine rings is 1. The number of aryl methyl sites for hydroxylation is 1. The standard InChI is InChI=1S/C12H10INO/c1-9-6-7-12(15)14(8-9)11-5-3-2-4-10(11)13/h2-8H,1H3. The van der Waals surface area contributed by atoms with Gasteiger partial charge >= 0.3 is 0 Å². The first-order valence-electron chi connectivity index (χ1n) is 4.63. The molecule has 1 aromatic heterocycles. The summed E-state index contributed by atoms with van der Waals surface area (Å²) in [4.78, 5) is 11.7. The van der Waals surface area contributed by atoms with Crippen LogP contribution in [-0.4, -0.2) is 4.57 Å². The molecule has 0 aliphatic heterocycles. The predicted molar refractivity (Wildman–Crippen MR) is 69.5 cm³/mol. The molecule has 2 nitrogen and oxygen atoms in total. The van der Waals surface area contributed by atoms with Gasteiger partial charge in [-0.2, -0.15) is 0 Å². The smallest absolute Gasteiger partial charge is 0.255 e. The van der Waals surface area contributed by atoms with Crippen LogP contribution in [0.25, 0.3) is 5.69 Å². The van der Waals surface area contributed by atoms with Crippen LogP contribution in [0.4, 0.5) is 0 Å². The fraction of sp³-hybridized carbons (Fsp3) is 0.0833. The Morgan fingerprint density at radius 2 is 1.87 bits per heavy atom. The molecule has 0 spiro atoms. The molecule has 0 bridgehead atoms. The minimum Gasteiger partial charge on any atom is -0.283 e. The van der Waals surface area contributed by atoms with Gasteiger partial charge in [-0.15, -0.1) is 0 Å². The van der Waals surface area contributed by atoms with E-state index in [4.69, 9.17) is 0 Å². The van der Waals surface area contributed by atoms with Crippen molar-refractivity contribution in [3.8, 4) is 5.69 Å². The van der Waals surface area contributed by atoms with Crippen LogP contribution in [0.5, 0.6) is 0 Å². The third-order valence-electron chi connectivity index (χ3n) is 2.17. The Balaban J connectivity index is 2.69. The highest BCUT2D eigenvalue weighted by Crippen LogP contribution is 2.14. The molecule has 3 heteroatoms. The summed E-state index contributed by atoms with van der Waals surface area (Å²) in [7, 11) is 0. The van der Waals surface area contributed by atoms with Gasteiger partial charge in [0.25, 0.3) is 5.56 Å². The number of nitrogens with zero attached hydrogens (tertiary/aromatic N) is 1. The molecular weight excluding hydrogens is 301 g/mol. The normalized spacial score (nSPS) is 10.3. The quantitative estimate of drug-likeness (QED) is 0.742. The van der Waals surface area contributed by atoms with Crippen molar-refractivity contribution in [3.05, 3.63) is 62.1 Å². The van der Waals surface area contributed by atoms with Crippen molar-refractivity contribution in [2.45, 2.75) is 6.92 Å². The molecule has 0 radical (unpaired) electrons. The third kappa shape index (κ3) is 2.12. The van der Waals surface area contributed by atoms with Gasteiger partial charge in [-0.1, -0.05) is 18.2 Å². The maximum Gasteiger partial charge on any atom is 0.255 e. The molecule has 76 valence electrons. The Hall–Kier alpha value is -1.10. The molecule has 0 saturated heterocycles. The Bertz CT molecular complexity index is 545. The Morgan fingerprint density at radius 3 is 2.60 bits per heavy atom. The molecule has 1 aromatic carbocycles. The van der Waals surface area contributed by atoms with Crippen LogP contribution in [-0.2, 0) is 0 Å². The van der Waals surface area contributed by atoms with Gasteiger partial charge in [0.05, 0.1) is 5.69 Å². The highest BCUT2D eigenvalue weighted by molar-refractivity contribution is 14.1. The minimum absolute atomic E-state index is 0.00437. The van der Waals surface area contributed by atoms with Crippen LogP contribution in [0.1, 0.15) is 5.56 Å². The summed E-state index contributed by atoms with van der Waals surface area (Å²) in [6.07, 6.45) is 1.86. The van der Waals surface area contributed by atoms with Crippen molar-refractivity contribution < 1.29 is 0 Å². The van der Waals surface area contributed by atoms with Crippen molar-refractivity contribution in [1.29, 1.82) is 0 Å². The first-order valence-corrected chi connectivity index (χ1v) is 5.70. The molecule has 0 fully saturated rings. The minimum atomic E-state index is 0.00437. The largest absolute Gasteiger partial charge is 0.283 e. The summed E-state index contributed by atoms with van der Waals surface area (Å²) < 4.78 is 2.75. The van der Waals surface area contributed by atoms with E-state index in [9.17, 15) is 4.79 Å². The second kappa shape index (κ2) is 4.18. The topological polar surface area (TPSA) is 22.0 Å². The molecule has 0 N–H and O–H groups in total. The molecule has 0 aliphatic rings. The van der Waals surface area contributed by atoms with Crippen LogP contribution in [0, 0.1) is 10.5 Å². The lowest BCUT2D eigenvalue weighted by molar-refractivity contribution is 0.970. The van der Waals surface area contributed by atoms with Crippen LogP contribution >= 0.6 is 22.6 Å². The summed E-state index contributed by atoms with van der Waals surface area (Å²) in [5, 5.41) is 0. The van der Waals surface area contributed by atoms with Crippen LogP contribution in [0.2, 0.25) is 0 Å². The third-order valence-corrected chi connectivity index (χ3v) is 3.08. The average Bonchev–Trinajstić information content (AvgIpc) is 2.23. The molecule has 1 heterocycles. The zero-order valence-electron chi connectivity index (χ0n) is 8.27. The summed E-state index contributed by atoms with van der Waals surface area (Å²) >= 11 is 2.23. The summed E-state index contributed by atoms with van der Waals surface area (Å²) in [5.41, 5.74) is 2.02. The molecule has 0 amide bonds. The highest BCUT2D eigenvalue weighted by atomic mass is 127. The molecular formula is C12H10INO. The zero-order valence-corrected chi connectivity index (χ0v) is 10.4. The number of para-hydroxylation sites is 1. The van der Waals surface area contributed by atoms with E-state index >= 15 is 0 Å². The van der Waals surface area contributed by atoms with E-state index in [0.717, 1.165) is 14.8 Å². The second-order valence-corrected chi connectivity index (χ2v) is 4.53. The van der Waals surface area contributed by atoms with Crippen molar-refractivity contribution in [3.63, 3.8) is 0 Å². The van der Waals surface area contributed by atoms with E-state index in [0.29, 0.717) is 0 Å². The first kappa shape index (κ1) is 10.4. The predicted octanol–water partition coefficient (Wildman–Crippen LogP) is 2.75. The molecule has 2 aromatic rings. The van der Waals surface area contributed by atoms with Gasteiger partial charge < -0.3 is 0 Å². The molecule has 0 aliphatic carbocycles. The number of hydrogen-bond acceptors (Lipinski definition) is 1. The fourth-order valence-corrected chi connectivity index (χ4v) is 2.08. The maximum absolute atomic E-state index is 11.7. The van der Waals surface area contributed by atoms with Crippen LogP contribution < -0.4 is 5.56 Å². The number of halogens is 1. The highest BCUT2D eigenvalue weighted by Gasteiger charge is 2.02. The molecule has 0 atom stereocenters. The second-order valence-electron chi connectivity index (χ2n) is 3.37. The van der Waals surface area contributed by atoms with Gasteiger partial charge in [-0.3, -0.25) is 9.36 Å². The lowest BCUT2D eigenvalue weighted by atomic mass is 10.3. The summed E-state index contributed by atoms with van der Waals surface area (Å²) in [5.74, 6) is 0. The van der Waals surface area contributed by atoms with E-state index in [1.54, 1.807) is 10.6 Å². The van der Waals surface area contributed by atoms with E-state index in [1.165, 1.54) is 0 Å². The van der Waals surface area contributed by atoms with E-state index in [2.05, 4.69) is 22.6 Å². The van der Waals surface area contributed by atoms with Crippen molar-refractivity contribution in [1.82, 2.24) is 4.57 Å². The van der Waals surface area contributed by atoms with Gasteiger partial charge in [0, 0.05) is 15.8 Å². The van der Waals surface area contributed by atoms with E-state index in [1.807, 2.05) is 43.5 Å². The molecule has 15 heavy (non-hydrogen) atoms. The van der Waals surface area contributed by atoms with Gasteiger partial charge in [-0.25, -0.2) is 0 Å². The number of hydrogen-bond donors (Lipinski definition) is 0. The van der Waals surface area contributed by atoms with E-state index in [-0.39, 0.29) is 5.56 Å². The molecule has 0 saturated carbocycles. The van der Waals surface area contributed by atoms with Gasteiger partial charge in [0.15, 0.2) is 0 Å². The van der Waals surface area contributed by atoms with Crippen LogP contribution in [0.3, 0.4) is 0 Å². The lowest BCUT2D eigenvalue weighted by Crippen LogP contribution is -2.17. The Labute approximate surface area is 102 Å². The fourth-order valence-electron chi connectivity index (χ4n) is 1.43. The van der Waals surface area contributed by atoms with Gasteiger partial charge in [-0.05, 0) is 47.2 Å². The maximum atomic E-state index is 11.7. The lowest BCUT2D eigenvalue weighted by Gasteiger charge is -2.08. The Kier molecular flexibility index (Phi) is 2.90. The average molecular weight is 311 g/mol. The SMILES string of the molecule is Cc1ccc(=O)n(-c2ccccc2I)c1. The van der Waals surface area contributed by atoms with Gasteiger partial charge in [0.2, 0.25) is 0 Å². The number of aromatic nitrogens is 1. The zero-order chi connectivity index (χ0) is 10.8. The summed E-state index contributed by atoms with van der Waals surface area (Å²) in [6, 6.07) is 11.3. The number of benzene rings is 1. The van der Waals surface area contributed by atoms with Crippen molar-refractivity contribution in [2.24, 2.45) is 0 Å². The molecule has 2 rings (SSSR count). The first-order chi connectivity index (χ1) is 7.18. The summed E-state index contributed by atoms with van der Waals surface area (Å²) in [6.45, 7) is 1.98. The van der Waals surface area contributed by atoms with Crippen molar-refractivity contribution >= 4 is 22.6 Å².